The molecule has 0 aliphatic carbocycles. The maximum atomic E-state index is 13.4. The summed E-state index contributed by atoms with van der Waals surface area (Å²) in [6.07, 6.45) is 3.82. The van der Waals surface area contributed by atoms with Crippen molar-refractivity contribution >= 4 is 30.2 Å². The van der Waals surface area contributed by atoms with Crippen LogP contribution in [0.3, 0.4) is 0 Å². The van der Waals surface area contributed by atoms with E-state index in [2.05, 4.69) is 31.0 Å². The Morgan fingerprint density at radius 3 is 2.18 bits per heavy atom. The predicted molar refractivity (Wildman–Crippen MR) is 152 cm³/mol. The molecule has 2 aromatic carbocycles. The van der Waals surface area contributed by atoms with Crippen LogP contribution in [0, 0.1) is 5.92 Å². The van der Waals surface area contributed by atoms with Crippen molar-refractivity contribution in [2.24, 2.45) is 5.92 Å². The molecule has 2 heterocycles. The molecule has 1 atom stereocenters. The van der Waals surface area contributed by atoms with E-state index >= 15 is 0 Å². The normalized spacial score (nSPS) is 19.1. The van der Waals surface area contributed by atoms with Crippen molar-refractivity contribution in [2.45, 2.75) is 71.0 Å². The number of piperidine rings is 1. The van der Waals surface area contributed by atoms with Gasteiger partial charge in [0, 0.05) is 26.2 Å². The Balaban J connectivity index is 0.00000420. The molecule has 8 nitrogen and oxygen atoms in total. The van der Waals surface area contributed by atoms with Crippen molar-refractivity contribution < 1.29 is 24.2 Å². The summed E-state index contributed by atoms with van der Waals surface area (Å²) in [5.74, 6) is 0.707. The van der Waals surface area contributed by atoms with Gasteiger partial charge < -0.3 is 20.1 Å². The van der Waals surface area contributed by atoms with Crippen LogP contribution in [0.5, 0.6) is 11.5 Å². The van der Waals surface area contributed by atoms with E-state index < -0.39 is 17.6 Å². The fourth-order valence-electron chi connectivity index (χ4n) is 5.45. The number of nitrogens with one attached hydrogen (secondary N) is 1. The van der Waals surface area contributed by atoms with E-state index in [1.165, 1.54) is 12.1 Å². The lowest BCUT2D eigenvalue weighted by Crippen LogP contribution is -2.73. The molecular weight excluding hydrogens is 518 g/mol. The average molecular weight is 558 g/mol. The van der Waals surface area contributed by atoms with Gasteiger partial charge in [-0.3, -0.25) is 14.5 Å². The number of carboxylic acid groups (broad SMARTS) is 1. The fraction of sp³-hybridized carbons (Fsp3) is 0.500. The molecule has 1 spiro atoms. The van der Waals surface area contributed by atoms with Crippen LogP contribution >= 0.6 is 12.4 Å². The summed E-state index contributed by atoms with van der Waals surface area (Å²) in [5, 5.41) is 12.1. The Morgan fingerprint density at radius 2 is 1.64 bits per heavy atom. The molecule has 2 aromatic rings. The molecule has 0 bridgehead atoms. The first-order valence-corrected chi connectivity index (χ1v) is 13.7. The summed E-state index contributed by atoms with van der Waals surface area (Å²) in [7, 11) is 0. The summed E-state index contributed by atoms with van der Waals surface area (Å²) < 4.78 is 5.84. The summed E-state index contributed by atoms with van der Waals surface area (Å²) in [4.78, 5) is 42.1. The molecule has 0 unspecified atom stereocenters. The molecule has 9 heteroatoms. The number of carboxylic acids is 1. The Kier molecular flexibility index (Phi) is 10.4. The largest absolute Gasteiger partial charge is 0.478 e. The molecule has 2 saturated heterocycles. The average Bonchev–Trinajstić information content (AvgIpc) is 2.89. The second-order valence-electron chi connectivity index (χ2n) is 10.9. The molecule has 0 saturated carbocycles. The second kappa shape index (κ2) is 13.3. The van der Waals surface area contributed by atoms with Gasteiger partial charge in [-0.05, 0) is 73.6 Å². The molecule has 2 aliphatic rings. The van der Waals surface area contributed by atoms with Crippen molar-refractivity contribution in [3.05, 3.63) is 59.7 Å². The molecule has 2 fully saturated rings. The first-order chi connectivity index (χ1) is 18.2. The van der Waals surface area contributed by atoms with E-state index in [0.717, 1.165) is 38.0 Å². The van der Waals surface area contributed by atoms with Crippen molar-refractivity contribution in [3.8, 4) is 11.5 Å². The molecule has 4 rings (SSSR count). The lowest BCUT2D eigenvalue weighted by Gasteiger charge is -2.52. The van der Waals surface area contributed by atoms with Gasteiger partial charge in [0.15, 0.2) is 0 Å². The van der Waals surface area contributed by atoms with Crippen molar-refractivity contribution in [3.63, 3.8) is 0 Å². The van der Waals surface area contributed by atoms with Crippen molar-refractivity contribution in [1.29, 1.82) is 0 Å². The van der Waals surface area contributed by atoms with Gasteiger partial charge in [-0.15, -0.1) is 12.4 Å². The number of hydrogen-bond donors (Lipinski definition) is 2. The van der Waals surface area contributed by atoms with Gasteiger partial charge in [-0.2, -0.15) is 0 Å². The van der Waals surface area contributed by atoms with E-state index in [4.69, 9.17) is 9.84 Å². The molecule has 212 valence electrons. The number of carbonyl (C=O) groups excluding carboxylic acids is 2. The highest BCUT2D eigenvalue weighted by atomic mass is 35.5. The topological polar surface area (TPSA) is 99.2 Å². The molecule has 2 N–H and O–H groups in total. The smallest absolute Gasteiger partial charge is 0.335 e. The minimum absolute atomic E-state index is 0. The lowest BCUT2D eigenvalue weighted by atomic mass is 9.80. The molecule has 0 radical (unpaired) electrons. The zero-order chi connectivity index (χ0) is 27.3. The summed E-state index contributed by atoms with van der Waals surface area (Å²) >= 11 is 0. The van der Waals surface area contributed by atoms with Crippen molar-refractivity contribution in [1.82, 2.24) is 15.1 Å². The number of rotatable bonds is 10. The van der Waals surface area contributed by atoms with Crippen LogP contribution in [-0.4, -0.2) is 63.9 Å². The monoisotopic (exact) mass is 557 g/mol. The SMILES string of the molecule is CCCCN1C(=O)[C@H](CC(C)C)NC(=O)C12CCN(Cc1ccc(Oc3ccc(C(=O)O)cc3)cc1)CC2.Cl. The van der Waals surface area contributed by atoms with Crippen LogP contribution in [0.15, 0.2) is 48.5 Å². The first kappa shape index (κ1) is 30.4. The number of unbranched alkanes of at least 4 members (excludes halogenated alkanes) is 1. The van der Waals surface area contributed by atoms with Crippen molar-refractivity contribution in [2.75, 3.05) is 19.6 Å². The number of likely N-dealkylation sites (tertiary alicyclic amines) is 1. The Labute approximate surface area is 237 Å². The summed E-state index contributed by atoms with van der Waals surface area (Å²) in [5.41, 5.74) is 0.609. The lowest BCUT2D eigenvalue weighted by molar-refractivity contribution is -0.161. The van der Waals surface area contributed by atoms with Gasteiger partial charge in [0.05, 0.1) is 5.56 Å². The van der Waals surface area contributed by atoms with E-state index in [1.807, 2.05) is 29.2 Å². The van der Waals surface area contributed by atoms with Crippen LogP contribution in [0.25, 0.3) is 0 Å². The third-order valence-electron chi connectivity index (χ3n) is 7.60. The third kappa shape index (κ3) is 7.11. The quantitative estimate of drug-likeness (QED) is 0.421. The van der Waals surface area contributed by atoms with E-state index in [1.54, 1.807) is 12.1 Å². The maximum Gasteiger partial charge on any atom is 0.335 e. The molecule has 39 heavy (non-hydrogen) atoms. The van der Waals surface area contributed by atoms with E-state index in [-0.39, 0.29) is 29.8 Å². The number of carbonyl (C=O) groups is 3. The van der Waals surface area contributed by atoms with Gasteiger partial charge in [-0.1, -0.05) is 39.3 Å². The van der Waals surface area contributed by atoms with E-state index in [9.17, 15) is 14.4 Å². The summed E-state index contributed by atoms with van der Waals surface area (Å²) in [6, 6.07) is 13.7. The molecule has 2 amide bonds. The Morgan fingerprint density at radius 1 is 1.05 bits per heavy atom. The van der Waals surface area contributed by atoms with Gasteiger partial charge in [-0.25, -0.2) is 4.79 Å². The van der Waals surface area contributed by atoms with Crippen LogP contribution < -0.4 is 10.1 Å². The number of hydrogen-bond acceptors (Lipinski definition) is 5. The fourth-order valence-corrected chi connectivity index (χ4v) is 5.45. The highest BCUT2D eigenvalue weighted by molar-refractivity contribution is 6.00. The zero-order valence-electron chi connectivity index (χ0n) is 23.0. The Bertz CT molecular complexity index is 1130. The highest BCUT2D eigenvalue weighted by Crippen LogP contribution is 2.35. The number of benzene rings is 2. The van der Waals surface area contributed by atoms with E-state index in [0.29, 0.717) is 43.2 Å². The van der Waals surface area contributed by atoms with Gasteiger partial charge in [0.1, 0.15) is 23.1 Å². The predicted octanol–water partition coefficient (Wildman–Crippen LogP) is 5.11. The maximum absolute atomic E-state index is 13.4. The number of piperazine rings is 1. The Hall–Kier alpha value is -3.10. The van der Waals surface area contributed by atoms with Crippen LogP contribution in [0.4, 0.5) is 0 Å². The van der Waals surface area contributed by atoms with Crippen LogP contribution in [0.1, 0.15) is 68.8 Å². The van der Waals surface area contributed by atoms with Crippen LogP contribution in [0.2, 0.25) is 0 Å². The molecule has 0 aromatic heterocycles. The first-order valence-electron chi connectivity index (χ1n) is 13.7. The molecule has 2 aliphatic heterocycles. The standard InChI is InChI=1S/C30H39N3O5.ClH/c1-4-5-16-33-27(34)26(19-21(2)3)31-29(37)30(33)14-17-32(18-15-30)20-22-6-10-24(11-7-22)38-25-12-8-23(9-13-25)28(35)36;/h6-13,21,26H,4-5,14-20H2,1-3H3,(H,31,37)(H,35,36);1H/t26-;/m0./s1. The van der Waals surface area contributed by atoms with Crippen LogP contribution in [-0.2, 0) is 16.1 Å². The summed E-state index contributed by atoms with van der Waals surface area (Å²) in [6.45, 7) is 9.15. The number of amides is 2. The van der Waals surface area contributed by atoms with Gasteiger partial charge in [0.2, 0.25) is 11.8 Å². The van der Waals surface area contributed by atoms with Gasteiger partial charge in [0.25, 0.3) is 0 Å². The molecular formula is C30H40ClN3O5. The highest BCUT2D eigenvalue weighted by Gasteiger charge is 2.53. The number of halogens is 1. The zero-order valence-corrected chi connectivity index (χ0v) is 23.8. The minimum atomic E-state index is -0.968. The number of nitrogens with zero attached hydrogens (tertiary/aromatic N) is 2. The minimum Gasteiger partial charge on any atom is -0.478 e. The number of ether oxygens (including phenoxy) is 1. The third-order valence-corrected chi connectivity index (χ3v) is 7.60. The second-order valence-corrected chi connectivity index (χ2v) is 10.9. The van der Waals surface area contributed by atoms with Gasteiger partial charge >= 0.3 is 5.97 Å². The number of aromatic carboxylic acids is 1.